The molecule has 2 fully saturated rings. The Balaban J connectivity index is 1.80. The summed E-state index contributed by atoms with van der Waals surface area (Å²) in [6, 6.07) is 0.660. The van der Waals surface area contributed by atoms with Gasteiger partial charge in [0.15, 0.2) is 5.82 Å². The number of amides is 2. The number of aromatic nitrogens is 1. The van der Waals surface area contributed by atoms with E-state index in [1.807, 2.05) is 0 Å². The zero-order valence-corrected chi connectivity index (χ0v) is 14.3. The average molecular weight is 392 g/mol. The van der Waals surface area contributed by atoms with Crippen LogP contribution in [0.15, 0.2) is 12.3 Å². The Hall–Kier alpha value is -2.36. The molecule has 1 aliphatic heterocycles. The molecule has 140 valence electrons. The molecular formula is C15H13ClF3N3O4. The molecule has 11 heteroatoms. The van der Waals surface area contributed by atoms with Crippen molar-refractivity contribution < 1.29 is 32.3 Å². The Morgan fingerprint density at radius 1 is 1.35 bits per heavy atom. The van der Waals surface area contributed by atoms with Crippen molar-refractivity contribution in [3.8, 4) is 0 Å². The van der Waals surface area contributed by atoms with Gasteiger partial charge in [0.05, 0.1) is 34.9 Å². The number of esters is 1. The minimum Gasteiger partial charge on any atom is -0.466 e. The second-order valence-corrected chi connectivity index (χ2v) is 6.28. The summed E-state index contributed by atoms with van der Waals surface area (Å²) < 4.78 is 42.9. The highest BCUT2D eigenvalue weighted by Gasteiger charge is 2.72. The zero-order valence-electron chi connectivity index (χ0n) is 13.6. The zero-order chi connectivity index (χ0) is 19.4. The number of anilines is 1. The number of fused-ring (bicyclic) bond motifs is 1. The Kier molecular flexibility index (Phi) is 4.33. The Morgan fingerprint density at radius 3 is 2.38 bits per heavy atom. The molecule has 0 bridgehead atoms. The van der Waals surface area contributed by atoms with Crippen LogP contribution in [0.3, 0.4) is 0 Å². The van der Waals surface area contributed by atoms with Gasteiger partial charge in [0.1, 0.15) is 0 Å². The van der Waals surface area contributed by atoms with E-state index >= 15 is 0 Å². The normalized spacial score (nSPS) is 24.5. The molecule has 26 heavy (non-hydrogen) atoms. The number of alkyl halides is 3. The van der Waals surface area contributed by atoms with Crippen LogP contribution in [0.1, 0.15) is 12.5 Å². The van der Waals surface area contributed by atoms with Gasteiger partial charge >= 0.3 is 12.1 Å². The molecule has 1 saturated carbocycles. The highest BCUT2D eigenvalue weighted by Crippen LogP contribution is 2.54. The van der Waals surface area contributed by atoms with E-state index in [1.165, 1.54) is 7.05 Å². The second-order valence-electron chi connectivity index (χ2n) is 5.87. The number of nitrogens with zero attached hydrogens (tertiary/aromatic N) is 3. The van der Waals surface area contributed by atoms with Gasteiger partial charge in [0.25, 0.3) is 11.8 Å². The number of hydrogen-bond acceptors (Lipinski definition) is 6. The molecule has 0 N–H and O–H groups in total. The minimum absolute atomic E-state index is 0.131. The van der Waals surface area contributed by atoms with Crippen molar-refractivity contribution in [2.24, 2.45) is 17.8 Å². The number of halogens is 4. The van der Waals surface area contributed by atoms with Crippen molar-refractivity contribution in [3.05, 3.63) is 22.8 Å². The Bertz CT molecular complexity index is 779. The third kappa shape index (κ3) is 2.77. The molecule has 7 nitrogen and oxygen atoms in total. The first-order valence-corrected chi connectivity index (χ1v) is 7.98. The van der Waals surface area contributed by atoms with Gasteiger partial charge in [-0.3, -0.25) is 19.4 Å². The highest BCUT2D eigenvalue weighted by atomic mass is 35.5. The number of ether oxygens (including phenoxy) is 1. The van der Waals surface area contributed by atoms with Crippen molar-refractivity contribution in [1.29, 1.82) is 0 Å². The van der Waals surface area contributed by atoms with Crippen molar-refractivity contribution in [1.82, 2.24) is 9.99 Å². The van der Waals surface area contributed by atoms with Crippen LogP contribution in [0.5, 0.6) is 0 Å². The lowest BCUT2D eigenvalue weighted by Gasteiger charge is -2.29. The number of carbonyl (C=O) groups is 3. The van der Waals surface area contributed by atoms with Crippen LogP contribution in [0.4, 0.5) is 19.0 Å². The average Bonchev–Trinajstić information content (AvgIpc) is 3.23. The lowest BCUT2D eigenvalue weighted by Crippen LogP contribution is -2.47. The summed E-state index contributed by atoms with van der Waals surface area (Å²) in [6.45, 7) is 1.74. The maximum absolute atomic E-state index is 12.7. The summed E-state index contributed by atoms with van der Waals surface area (Å²) in [5.74, 6) is -4.53. The van der Waals surface area contributed by atoms with Crippen LogP contribution in [-0.4, -0.2) is 41.4 Å². The first kappa shape index (κ1) is 18.4. The van der Waals surface area contributed by atoms with E-state index in [2.05, 4.69) is 4.98 Å². The van der Waals surface area contributed by atoms with Gasteiger partial charge in [0.2, 0.25) is 0 Å². The molecule has 1 aromatic heterocycles. The molecule has 2 amide bonds. The number of rotatable bonds is 4. The standard InChI is InChI=1S/C15H13ClF3N3O4/c1-3-26-14(25)10-8-9(10)13(24)22(12(8)23)21(2)11-7(16)4-6(5-20-11)15(17,18)19/h4-5,8-10H,3H2,1-2H3. The monoisotopic (exact) mass is 391 g/mol. The smallest absolute Gasteiger partial charge is 0.417 e. The largest absolute Gasteiger partial charge is 0.466 e. The first-order valence-electron chi connectivity index (χ1n) is 7.60. The molecule has 0 spiro atoms. The lowest BCUT2D eigenvalue weighted by molar-refractivity contribution is -0.152. The molecule has 2 heterocycles. The van der Waals surface area contributed by atoms with E-state index in [9.17, 15) is 27.6 Å². The molecule has 2 unspecified atom stereocenters. The van der Waals surface area contributed by atoms with Crippen LogP contribution in [0.25, 0.3) is 0 Å². The molecule has 0 aromatic carbocycles. The number of piperidine rings is 1. The van der Waals surface area contributed by atoms with Gasteiger partial charge in [-0.25, -0.2) is 4.98 Å². The fourth-order valence-corrected chi connectivity index (χ4v) is 3.35. The van der Waals surface area contributed by atoms with E-state index in [4.69, 9.17) is 16.3 Å². The van der Waals surface area contributed by atoms with E-state index in [-0.39, 0.29) is 17.4 Å². The van der Waals surface area contributed by atoms with Gasteiger partial charge in [-0.05, 0) is 13.0 Å². The van der Waals surface area contributed by atoms with Gasteiger partial charge in [-0.1, -0.05) is 11.6 Å². The summed E-state index contributed by atoms with van der Waals surface area (Å²) in [5, 5.41) is 1.36. The van der Waals surface area contributed by atoms with Gasteiger partial charge in [-0.15, -0.1) is 0 Å². The third-order valence-electron chi connectivity index (χ3n) is 4.32. The minimum atomic E-state index is -4.62. The molecular weight excluding hydrogens is 379 g/mol. The Labute approximate surface area is 150 Å². The van der Waals surface area contributed by atoms with Gasteiger partial charge < -0.3 is 4.74 Å². The maximum Gasteiger partial charge on any atom is 0.417 e. The summed E-state index contributed by atoms with van der Waals surface area (Å²) in [4.78, 5) is 40.2. The topological polar surface area (TPSA) is 79.8 Å². The number of imide groups is 1. The number of hydrogen-bond donors (Lipinski definition) is 0. The van der Waals surface area contributed by atoms with Crippen molar-refractivity contribution in [2.45, 2.75) is 13.1 Å². The fourth-order valence-electron chi connectivity index (χ4n) is 3.06. The number of carbonyl (C=O) groups excluding carboxylic acids is 3. The summed E-state index contributed by atoms with van der Waals surface area (Å²) in [7, 11) is 1.28. The van der Waals surface area contributed by atoms with Crippen molar-refractivity contribution in [3.63, 3.8) is 0 Å². The summed E-state index contributed by atoms with van der Waals surface area (Å²) in [6.07, 6.45) is -4.06. The summed E-state index contributed by atoms with van der Waals surface area (Å²) in [5.41, 5.74) is -1.05. The molecule has 1 saturated heterocycles. The molecule has 1 aromatic rings. The lowest BCUT2D eigenvalue weighted by atomic mass is 10.2. The number of hydrazine groups is 1. The third-order valence-corrected chi connectivity index (χ3v) is 4.60. The quantitative estimate of drug-likeness (QED) is 0.576. The van der Waals surface area contributed by atoms with Crippen molar-refractivity contribution in [2.75, 3.05) is 18.7 Å². The van der Waals surface area contributed by atoms with E-state index in [1.54, 1.807) is 6.92 Å². The molecule has 3 rings (SSSR count). The SMILES string of the molecule is CCOC(=O)C1C2C(=O)N(N(C)c3ncc(C(F)(F)F)cc3Cl)C(=O)C12. The molecule has 2 atom stereocenters. The Morgan fingerprint density at radius 2 is 1.92 bits per heavy atom. The van der Waals surface area contributed by atoms with Crippen LogP contribution in [0.2, 0.25) is 5.02 Å². The van der Waals surface area contributed by atoms with Gasteiger partial charge in [0, 0.05) is 13.2 Å². The predicted octanol–water partition coefficient (Wildman–Crippen LogP) is 1.90. The second kappa shape index (κ2) is 6.11. The predicted molar refractivity (Wildman–Crippen MR) is 81.6 cm³/mol. The molecule has 0 radical (unpaired) electrons. The van der Waals surface area contributed by atoms with Crippen LogP contribution in [0, 0.1) is 17.8 Å². The fraction of sp³-hybridized carbons (Fsp3) is 0.467. The molecule has 1 aliphatic carbocycles. The van der Waals surface area contributed by atoms with Crippen LogP contribution in [-0.2, 0) is 25.3 Å². The van der Waals surface area contributed by atoms with Gasteiger partial charge in [-0.2, -0.15) is 18.2 Å². The number of pyridine rings is 1. The molecule has 2 aliphatic rings. The van der Waals surface area contributed by atoms with Crippen LogP contribution < -0.4 is 5.01 Å². The summed E-state index contributed by atoms with van der Waals surface area (Å²) >= 11 is 5.84. The highest BCUT2D eigenvalue weighted by molar-refractivity contribution is 6.33. The van der Waals surface area contributed by atoms with Crippen LogP contribution >= 0.6 is 11.6 Å². The van der Waals surface area contributed by atoms with E-state index in [0.717, 1.165) is 10.0 Å². The van der Waals surface area contributed by atoms with Crippen molar-refractivity contribution >= 4 is 35.2 Å². The van der Waals surface area contributed by atoms with E-state index < -0.39 is 47.3 Å². The first-order chi connectivity index (χ1) is 12.1. The maximum atomic E-state index is 12.7. The van der Waals surface area contributed by atoms with E-state index in [0.29, 0.717) is 12.3 Å².